The van der Waals surface area contributed by atoms with Crippen LogP contribution in [0.2, 0.25) is 5.02 Å². The number of halogens is 1. The van der Waals surface area contributed by atoms with E-state index in [1.165, 1.54) is 0 Å². The molecular formula is C14H15ClN2O. The first-order valence-electron chi connectivity index (χ1n) is 5.73. The van der Waals surface area contributed by atoms with Gasteiger partial charge in [-0.05, 0) is 42.3 Å². The maximum atomic E-state index is 6.15. The van der Waals surface area contributed by atoms with Crippen molar-refractivity contribution in [1.82, 2.24) is 4.98 Å². The van der Waals surface area contributed by atoms with Crippen molar-refractivity contribution >= 4 is 11.6 Å². The zero-order valence-electron chi connectivity index (χ0n) is 10.1. The fourth-order valence-corrected chi connectivity index (χ4v) is 1.80. The monoisotopic (exact) mass is 262 g/mol. The highest BCUT2D eigenvalue weighted by atomic mass is 35.5. The third-order valence-electron chi connectivity index (χ3n) is 2.63. The summed E-state index contributed by atoms with van der Waals surface area (Å²) < 4.78 is 5.66. The molecule has 2 N–H and O–H groups in total. The van der Waals surface area contributed by atoms with Gasteiger partial charge in [-0.3, -0.25) is 4.98 Å². The summed E-state index contributed by atoms with van der Waals surface area (Å²) in [7, 11) is 0. The number of ether oxygens (including phenoxy) is 1. The minimum Gasteiger partial charge on any atom is -0.487 e. The third-order valence-corrected chi connectivity index (χ3v) is 2.92. The minimum atomic E-state index is -0.0308. The van der Waals surface area contributed by atoms with Crippen LogP contribution in [0, 0.1) is 0 Å². The summed E-state index contributed by atoms with van der Waals surface area (Å²) in [5, 5.41) is 0.582. The van der Waals surface area contributed by atoms with E-state index in [1.807, 2.05) is 37.3 Å². The highest BCUT2D eigenvalue weighted by Crippen LogP contribution is 2.27. The van der Waals surface area contributed by atoms with Gasteiger partial charge in [0.15, 0.2) is 0 Å². The van der Waals surface area contributed by atoms with Crippen LogP contribution in [0.3, 0.4) is 0 Å². The predicted molar refractivity (Wildman–Crippen MR) is 72.6 cm³/mol. The lowest BCUT2D eigenvalue weighted by Gasteiger charge is -2.11. The summed E-state index contributed by atoms with van der Waals surface area (Å²) in [6, 6.07) is 9.40. The molecule has 0 spiro atoms. The van der Waals surface area contributed by atoms with Crippen molar-refractivity contribution in [3.05, 3.63) is 58.9 Å². The molecule has 0 aliphatic rings. The van der Waals surface area contributed by atoms with Crippen molar-refractivity contribution in [1.29, 1.82) is 0 Å². The van der Waals surface area contributed by atoms with Crippen LogP contribution in [0.25, 0.3) is 0 Å². The molecule has 1 aromatic carbocycles. The Bertz CT molecular complexity index is 514. The van der Waals surface area contributed by atoms with Crippen LogP contribution in [0.15, 0.2) is 42.7 Å². The molecule has 18 heavy (non-hydrogen) atoms. The zero-order chi connectivity index (χ0) is 13.0. The van der Waals surface area contributed by atoms with Crippen LogP contribution >= 0.6 is 11.6 Å². The Morgan fingerprint density at radius 2 is 2.00 bits per heavy atom. The quantitative estimate of drug-likeness (QED) is 0.919. The number of hydrogen-bond donors (Lipinski definition) is 1. The van der Waals surface area contributed by atoms with Gasteiger partial charge in [-0.1, -0.05) is 17.7 Å². The smallest absolute Gasteiger partial charge is 0.138 e. The van der Waals surface area contributed by atoms with Gasteiger partial charge in [0.1, 0.15) is 12.4 Å². The first-order chi connectivity index (χ1) is 8.66. The van der Waals surface area contributed by atoms with Crippen LogP contribution < -0.4 is 10.5 Å². The molecule has 3 nitrogen and oxygen atoms in total. The van der Waals surface area contributed by atoms with Crippen LogP contribution in [0.5, 0.6) is 5.75 Å². The first-order valence-corrected chi connectivity index (χ1v) is 6.11. The number of rotatable bonds is 4. The molecule has 0 fully saturated rings. The Labute approximate surface area is 112 Å². The van der Waals surface area contributed by atoms with Crippen molar-refractivity contribution in [3.63, 3.8) is 0 Å². The second-order valence-corrected chi connectivity index (χ2v) is 4.53. The lowest BCUT2D eigenvalue weighted by Crippen LogP contribution is -2.05. The van der Waals surface area contributed by atoms with Gasteiger partial charge in [0.05, 0.1) is 5.02 Å². The zero-order valence-corrected chi connectivity index (χ0v) is 10.9. The van der Waals surface area contributed by atoms with Crippen molar-refractivity contribution in [3.8, 4) is 5.75 Å². The number of nitrogens with two attached hydrogens (primary N) is 1. The van der Waals surface area contributed by atoms with Gasteiger partial charge in [-0.15, -0.1) is 0 Å². The standard InChI is InChI=1S/C14H15ClN2O/c1-10(16)12-2-3-14(13(15)8-12)18-9-11-4-6-17-7-5-11/h2-8,10H,9,16H2,1H3. The van der Waals surface area contributed by atoms with Crippen molar-refractivity contribution in [2.75, 3.05) is 0 Å². The second kappa shape index (κ2) is 5.85. The molecule has 0 saturated carbocycles. The van der Waals surface area contributed by atoms with Crippen LogP contribution in [0.4, 0.5) is 0 Å². The van der Waals surface area contributed by atoms with E-state index in [0.29, 0.717) is 17.4 Å². The summed E-state index contributed by atoms with van der Waals surface area (Å²) >= 11 is 6.15. The van der Waals surface area contributed by atoms with Gasteiger partial charge >= 0.3 is 0 Å². The molecule has 1 unspecified atom stereocenters. The number of aromatic nitrogens is 1. The summed E-state index contributed by atoms with van der Waals surface area (Å²) in [6.07, 6.45) is 3.47. The summed E-state index contributed by atoms with van der Waals surface area (Å²) in [4.78, 5) is 3.95. The van der Waals surface area contributed by atoms with Crippen molar-refractivity contribution in [2.45, 2.75) is 19.6 Å². The molecule has 0 aliphatic heterocycles. The van der Waals surface area contributed by atoms with E-state index >= 15 is 0 Å². The topological polar surface area (TPSA) is 48.1 Å². The van der Waals surface area contributed by atoms with E-state index in [1.54, 1.807) is 12.4 Å². The van der Waals surface area contributed by atoms with Gasteiger partial charge < -0.3 is 10.5 Å². The highest BCUT2D eigenvalue weighted by Gasteiger charge is 2.06. The number of hydrogen-bond acceptors (Lipinski definition) is 3. The van der Waals surface area contributed by atoms with E-state index in [9.17, 15) is 0 Å². The van der Waals surface area contributed by atoms with Gasteiger partial charge in [0.2, 0.25) is 0 Å². The maximum Gasteiger partial charge on any atom is 0.138 e. The molecular weight excluding hydrogens is 248 g/mol. The molecule has 2 aromatic rings. The molecule has 0 saturated heterocycles. The largest absolute Gasteiger partial charge is 0.487 e. The van der Waals surface area contributed by atoms with Gasteiger partial charge in [-0.25, -0.2) is 0 Å². The summed E-state index contributed by atoms with van der Waals surface area (Å²) in [6.45, 7) is 2.39. The molecule has 0 aliphatic carbocycles. The van der Waals surface area contributed by atoms with Crippen LogP contribution in [-0.4, -0.2) is 4.98 Å². The normalized spacial score (nSPS) is 12.2. The molecule has 1 aromatic heterocycles. The predicted octanol–water partition coefficient (Wildman–Crippen LogP) is 3.33. The fourth-order valence-electron chi connectivity index (χ4n) is 1.56. The summed E-state index contributed by atoms with van der Waals surface area (Å²) in [5.41, 5.74) is 7.84. The van der Waals surface area contributed by atoms with Crippen molar-refractivity contribution in [2.24, 2.45) is 5.73 Å². The Morgan fingerprint density at radius 1 is 1.28 bits per heavy atom. The Kier molecular flexibility index (Phi) is 4.18. The Morgan fingerprint density at radius 3 is 2.61 bits per heavy atom. The molecule has 0 amide bonds. The number of nitrogens with zero attached hydrogens (tertiary/aromatic N) is 1. The molecule has 4 heteroatoms. The molecule has 94 valence electrons. The van der Waals surface area contributed by atoms with Crippen LogP contribution in [0.1, 0.15) is 24.1 Å². The van der Waals surface area contributed by atoms with Gasteiger partial charge in [0.25, 0.3) is 0 Å². The van der Waals surface area contributed by atoms with E-state index < -0.39 is 0 Å². The molecule has 0 bridgehead atoms. The van der Waals surface area contributed by atoms with Gasteiger partial charge in [0, 0.05) is 18.4 Å². The molecule has 1 heterocycles. The molecule has 0 radical (unpaired) electrons. The highest BCUT2D eigenvalue weighted by molar-refractivity contribution is 6.32. The van der Waals surface area contributed by atoms with E-state index in [4.69, 9.17) is 22.1 Å². The SMILES string of the molecule is CC(N)c1ccc(OCc2ccncc2)c(Cl)c1. The van der Waals surface area contributed by atoms with Crippen LogP contribution in [-0.2, 0) is 6.61 Å². The van der Waals surface area contributed by atoms with Gasteiger partial charge in [-0.2, -0.15) is 0 Å². The average molecular weight is 263 g/mol. The molecule has 2 rings (SSSR count). The average Bonchev–Trinajstić information content (AvgIpc) is 2.38. The number of benzene rings is 1. The van der Waals surface area contributed by atoms with E-state index in [2.05, 4.69) is 4.98 Å². The fraction of sp³-hybridized carbons (Fsp3) is 0.214. The number of pyridine rings is 1. The second-order valence-electron chi connectivity index (χ2n) is 4.12. The Hall–Kier alpha value is -1.58. The molecule has 1 atom stereocenters. The Balaban J connectivity index is 2.06. The lowest BCUT2D eigenvalue weighted by atomic mass is 10.1. The summed E-state index contributed by atoms with van der Waals surface area (Å²) in [5.74, 6) is 0.665. The first kappa shape index (κ1) is 12.9. The third kappa shape index (κ3) is 3.22. The maximum absolute atomic E-state index is 6.15. The lowest BCUT2D eigenvalue weighted by molar-refractivity contribution is 0.306. The van der Waals surface area contributed by atoms with Crippen molar-refractivity contribution < 1.29 is 4.74 Å². The minimum absolute atomic E-state index is 0.0308. The van der Waals surface area contributed by atoms with E-state index in [-0.39, 0.29) is 6.04 Å². The van der Waals surface area contributed by atoms with E-state index in [0.717, 1.165) is 11.1 Å².